The van der Waals surface area contributed by atoms with E-state index in [-0.39, 0.29) is 18.8 Å². The summed E-state index contributed by atoms with van der Waals surface area (Å²) >= 11 is 1.49. The summed E-state index contributed by atoms with van der Waals surface area (Å²) < 4.78 is 25.0. The fourth-order valence-corrected chi connectivity index (χ4v) is 2.68. The van der Waals surface area contributed by atoms with E-state index in [1.54, 1.807) is 5.51 Å². The van der Waals surface area contributed by atoms with Gasteiger partial charge < -0.3 is 5.11 Å². The van der Waals surface area contributed by atoms with Crippen LogP contribution < -0.4 is 4.72 Å². The van der Waals surface area contributed by atoms with Crippen LogP contribution >= 0.6 is 11.3 Å². The van der Waals surface area contributed by atoms with Crippen molar-refractivity contribution in [3.63, 3.8) is 0 Å². The number of sulfonamides is 1. The Balaban J connectivity index is 2.24. The minimum atomic E-state index is -3.23. The Morgan fingerprint density at radius 2 is 2.33 bits per heavy atom. The normalized spacial score (nSPS) is 11.8. The van der Waals surface area contributed by atoms with Crippen LogP contribution in [0.1, 0.15) is 12.1 Å². The summed E-state index contributed by atoms with van der Waals surface area (Å²) in [5.41, 5.74) is 2.61. The second-order valence-corrected chi connectivity index (χ2v) is 5.67. The lowest BCUT2D eigenvalue weighted by Gasteiger charge is -2.04. The van der Waals surface area contributed by atoms with Crippen molar-refractivity contribution < 1.29 is 13.5 Å². The molecule has 0 unspecified atom stereocenters. The number of aliphatic hydroxyl groups excluding tert-OH is 1. The van der Waals surface area contributed by atoms with Gasteiger partial charge in [-0.2, -0.15) is 0 Å². The number of nitrogens with zero attached hydrogens (tertiary/aromatic N) is 1. The molecule has 0 aliphatic heterocycles. The van der Waals surface area contributed by atoms with E-state index in [1.165, 1.54) is 11.3 Å². The number of hydrogen-bond donors (Lipinski definition) is 2. The molecule has 86 valence electrons. The van der Waals surface area contributed by atoms with Gasteiger partial charge in [0, 0.05) is 25.0 Å². The summed E-state index contributed by atoms with van der Waals surface area (Å²) in [6.45, 7) is 0.254. The Morgan fingerprint density at radius 1 is 1.53 bits per heavy atom. The summed E-state index contributed by atoms with van der Waals surface area (Å²) in [6, 6.07) is 0. The quantitative estimate of drug-likeness (QED) is 0.713. The molecule has 5 nitrogen and oxygen atoms in total. The van der Waals surface area contributed by atoms with Crippen LogP contribution in [0.4, 0.5) is 0 Å². The van der Waals surface area contributed by atoms with Crippen LogP contribution in [-0.4, -0.2) is 37.4 Å². The summed E-state index contributed by atoms with van der Waals surface area (Å²) in [4.78, 5) is 4.04. The van der Waals surface area contributed by atoms with Gasteiger partial charge in [0.1, 0.15) is 0 Å². The number of hydrogen-bond acceptors (Lipinski definition) is 5. The maximum atomic E-state index is 11.3. The molecule has 2 N–H and O–H groups in total. The van der Waals surface area contributed by atoms with Gasteiger partial charge in [-0.3, -0.25) is 0 Å². The van der Waals surface area contributed by atoms with Crippen molar-refractivity contribution in [2.45, 2.75) is 12.8 Å². The van der Waals surface area contributed by atoms with Crippen molar-refractivity contribution in [3.8, 4) is 0 Å². The minimum Gasteiger partial charge on any atom is -0.396 e. The molecule has 0 aliphatic carbocycles. The summed E-state index contributed by atoms with van der Waals surface area (Å²) in [7, 11) is -3.23. The van der Waals surface area contributed by atoms with E-state index in [0.29, 0.717) is 13.0 Å². The Labute approximate surface area is 93.2 Å². The van der Waals surface area contributed by atoms with Crippen LogP contribution in [0.25, 0.3) is 0 Å². The standard InChI is InChI=1S/C8H14N2O3S2/c11-4-1-5-15(12,13)10-3-2-8-6-14-7-9-8/h6-7,10-11H,1-5H2. The van der Waals surface area contributed by atoms with Crippen molar-refractivity contribution in [1.82, 2.24) is 9.71 Å². The average molecular weight is 250 g/mol. The van der Waals surface area contributed by atoms with Gasteiger partial charge in [-0.15, -0.1) is 11.3 Å². The third-order valence-electron chi connectivity index (χ3n) is 1.76. The minimum absolute atomic E-state index is 0.0272. The number of nitrogens with one attached hydrogen (secondary N) is 1. The second kappa shape index (κ2) is 6.16. The van der Waals surface area contributed by atoms with Gasteiger partial charge in [-0.05, 0) is 6.42 Å². The second-order valence-electron chi connectivity index (χ2n) is 3.02. The molecular weight excluding hydrogens is 236 g/mol. The molecular formula is C8H14N2O3S2. The number of aromatic nitrogens is 1. The van der Waals surface area contributed by atoms with E-state index >= 15 is 0 Å². The highest BCUT2D eigenvalue weighted by atomic mass is 32.2. The number of thiazole rings is 1. The van der Waals surface area contributed by atoms with Crippen LogP contribution in [0.15, 0.2) is 10.9 Å². The van der Waals surface area contributed by atoms with Gasteiger partial charge in [0.05, 0.1) is 17.0 Å². The van der Waals surface area contributed by atoms with E-state index in [1.807, 2.05) is 5.38 Å². The summed E-state index contributed by atoms with van der Waals surface area (Å²) in [6.07, 6.45) is 0.869. The van der Waals surface area contributed by atoms with Crippen LogP contribution in [0.5, 0.6) is 0 Å². The highest BCUT2D eigenvalue weighted by molar-refractivity contribution is 7.89. The topological polar surface area (TPSA) is 79.3 Å². The molecule has 1 aromatic heterocycles. The van der Waals surface area contributed by atoms with E-state index in [0.717, 1.165) is 5.69 Å². The maximum Gasteiger partial charge on any atom is 0.211 e. The molecule has 0 saturated carbocycles. The SMILES string of the molecule is O=S(=O)(CCCO)NCCc1cscn1. The molecule has 0 amide bonds. The van der Waals surface area contributed by atoms with Gasteiger partial charge in [-0.25, -0.2) is 18.1 Å². The summed E-state index contributed by atoms with van der Waals surface area (Å²) in [5.74, 6) is -0.0272. The molecule has 1 heterocycles. The molecule has 0 aromatic carbocycles. The zero-order valence-electron chi connectivity index (χ0n) is 8.22. The molecule has 0 radical (unpaired) electrons. The fourth-order valence-electron chi connectivity index (χ4n) is 1.02. The molecule has 0 bridgehead atoms. The first kappa shape index (κ1) is 12.6. The summed E-state index contributed by atoms with van der Waals surface area (Å²) in [5, 5.41) is 10.4. The molecule has 1 rings (SSSR count). The molecule has 0 saturated heterocycles. The number of rotatable bonds is 7. The Hall–Kier alpha value is -0.500. The van der Waals surface area contributed by atoms with Gasteiger partial charge >= 0.3 is 0 Å². The third-order valence-corrected chi connectivity index (χ3v) is 3.86. The first-order chi connectivity index (χ1) is 7.14. The van der Waals surface area contributed by atoms with E-state index in [9.17, 15) is 8.42 Å². The highest BCUT2D eigenvalue weighted by Crippen LogP contribution is 2.01. The third kappa shape index (κ3) is 5.22. The van der Waals surface area contributed by atoms with E-state index in [4.69, 9.17) is 5.11 Å². The first-order valence-corrected chi connectivity index (χ1v) is 7.19. The molecule has 0 fully saturated rings. The Morgan fingerprint density at radius 3 is 2.93 bits per heavy atom. The van der Waals surface area contributed by atoms with Gasteiger partial charge in [0.25, 0.3) is 0 Å². The average Bonchev–Trinajstić information content (AvgIpc) is 2.67. The highest BCUT2D eigenvalue weighted by Gasteiger charge is 2.08. The van der Waals surface area contributed by atoms with E-state index < -0.39 is 10.0 Å². The lowest BCUT2D eigenvalue weighted by molar-refractivity contribution is 0.295. The fraction of sp³-hybridized carbons (Fsp3) is 0.625. The van der Waals surface area contributed by atoms with Gasteiger partial charge in [0.15, 0.2) is 0 Å². The van der Waals surface area contributed by atoms with Gasteiger partial charge in [-0.1, -0.05) is 0 Å². The number of aliphatic hydroxyl groups is 1. The van der Waals surface area contributed by atoms with Crippen LogP contribution in [0.2, 0.25) is 0 Å². The molecule has 0 aliphatic rings. The molecule has 0 spiro atoms. The molecule has 15 heavy (non-hydrogen) atoms. The smallest absolute Gasteiger partial charge is 0.211 e. The zero-order valence-corrected chi connectivity index (χ0v) is 9.85. The van der Waals surface area contributed by atoms with Crippen molar-refractivity contribution in [3.05, 3.63) is 16.6 Å². The molecule has 0 atom stereocenters. The predicted octanol–water partition coefficient (Wildman–Crippen LogP) is -0.0126. The Kier molecular flexibility index (Phi) is 5.16. The lowest BCUT2D eigenvalue weighted by atomic mass is 10.3. The monoisotopic (exact) mass is 250 g/mol. The Bertz CT molecular complexity index is 361. The van der Waals surface area contributed by atoms with E-state index in [2.05, 4.69) is 9.71 Å². The van der Waals surface area contributed by atoms with Crippen LogP contribution in [0.3, 0.4) is 0 Å². The zero-order chi connectivity index (χ0) is 11.1. The van der Waals surface area contributed by atoms with Crippen LogP contribution in [0, 0.1) is 0 Å². The van der Waals surface area contributed by atoms with Crippen molar-refractivity contribution in [2.24, 2.45) is 0 Å². The van der Waals surface area contributed by atoms with Crippen molar-refractivity contribution >= 4 is 21.4 Å². The van der Waals surface area contributed by atoms with Crippen LogP contribution in [-0.2, 0) is 16.4 Å². The van der Waals surface area contributed by atoms with Crippen molar-refractivity contribution in [1.29, 1.82) is 0 Å². The molecule has 7 heteroatoms. The first-order valence-electron chi connectivity index (χ1n) is 4.59. The maximum absolute atomic E-state index is 11.3. The van der Waals surface area contributed by atoms with Crippen molar-refractivity contribution in [2.75, 3.05) is 18.9 Å². The largest absolute Gasteiger partial charge is 0.396 e. The predicted molar refractivity (Wildman–Crippen MR) is 59.3 cm³/mol. The van der Waals surface area contributed by atoms with Gasteiger partial charge in [0.2, 0.25) is 10.0 Å². The lowest BCUT2D eigenvalue weighted by Crippen LogP contribution is -2.28. The molecule has 1 aromatic rings.